The largest absolute Gasteiger partial charge is 0.368 e. The quantitative estimate of drug-likeness (QED) is 0.714. The molecule has 1 saturated carbocycles. The molecule has 2 amide bonds. The summed E-state index contributed by atoms with van der Waals surface area (Å²) in [5.74, 6) is -0.195. The van der Waals surface area contributed by atoms with Crippen molar-refractivity contribution in [1.82, 2.24) is 4.90 Å². The van der Waals surface area contributed by atoms with Crippen LogP contribution in [-0.2, 0) is 9.59 Å². The van der Waals surface area contributed by atoms with Gasteiger partial charge in [0.25, 0.3) is 0 Å². The first-order valence-electron chi connectivity index (χ1n) is 6.26. The molecule has 2 atom stereocenters. The van der Waals surface area contributed by atoms with Crippen molar-refractivity contribution in [2.45, 2.75) is 39.2 Å². The number of rotatable bonds is 5. The molecule has 0 aromatic carbocycles. The number of primary amides is 1. The van der Waals surface area contributed by atoms with Crippen LogP contribution in [0.4, 0.5) is 0 Å². The van der Waals surface area contributed by atoms with Gasteiger partial charge in [0.2, 0.25) is 11.8 Å². The molecule has 0 spiro atoms. The molecule has 0 aromatic rings. The van der Waals surface area contributed by atoms with Crippen LogP contribution < -0.4 is 11.5 Å². The third-order valence-corrected chi connectivity index (χ3v) is 3.51. The Morgan fingerprint density at radius 2 is 2.00 bits per heavy atom. The summed E-state index contributed by atoms with van der Waals surface area (Å²) in [5, 5.41) is 0. The number of carbonyl (C=O) groups excluding carboxylic acids is 2. The molecule has 0 bridgehead atoms. The Hall–Kier alpha value is -1.10. The zero-order valence-corrected chi connectivity index (χ0v) is 10.7. The molecule has 1 aliphatic rings. The van der Waals surface area contributed by atoms with Crippen LogP contribution in [0.1, 0.15) is 33.1 Å². The minimum Gasteiger partial charge on any atom is -0.368 e. The lowest BCUT2D eigenvalue weighted by molar-refractivity contribution is -0.141. The highest BCUT2D eigenvalue weighted by Crippen LogP contribution is 2.32. The molecule has 2 unspecified atom stereocenters. The summed E-state index contributed by atoms with van der Waals surface area (Å²) < 4.78 is 0. The van der Waals surface area contributed by atoms with Gasteiger partial charge in [-0.15, -0.1) is 0 Å². The molecule has 1 fully saturated rings. The first-order chi connectivity index (χ1) is 7.97. The number of carbonyl (C=O) groups is 2. The Morgan fingerprint density at radius 3 is 2.47 bits per heavy atom. The lowest BCUT2D eigenvalue weighted by Gasteiger charge is -2.30. The molecule has 0 aromatic heterocycles. The van der Waals surface area contributed by atoms with Gasteiger partial charge in [0.1, 0.15) is 0 Å². The normalized spacial score (nSPS) is 24.0. The second-order valence-electron chi connectivity index (χ2n) is 5.06. The predicted octanol–water partition coefficient (Wildman–Crippen LogP) is 0.0837. The van der Waals surface area contributed by atoms with Crippen molar-refractivity contribution in [3.8, 4) is 0 Å². The van der Waals surface area contributed by atoms with Gasteiger partial charge in [-0.1, -0.05) is 6.42 Å². The van der Waals surface area contributed by atoms with Crippen LogP contribution in [0, 0.1) is 11.8 Å². The van der Waals surface area contributed by atoms with Crippen molar-refractivity contribution in [3.63, 3.8) is 0 Å². The van der Waals surface area contributed by atoms with Crippen molar-refractivity contribution < 1.29 is 9.59 Å². The van der Waals surface area contributed by atoms with Gasteiger partial charge in [0.05, 0.1) is 6.54 Å². The standard InChI is InChI=1S/C12H23N3O2/c1-8(2)15(7-11(14)16)12(17)10-5-3-4-9(10)6-13/h8-10H,3-7,13H2,1-2H3,(H2,14,16). The number of nitrogens with zero attached hydrogens (tertiary/aromatic N) is 1. The van der Waals surface area contributed by atoms with E-state index in [0.29, 0.717) is 6.54 Å². The molecular weight excluding hydrogens is 218 g/mol. The third-order valence-electron chi connectivity index (χ3n) is 3.51. The average molecular weight is 241 g/mol. The average Bonchev–Trinajstić information content (AvgIpc) is 2.72. The molecule has 1 rings (SSSR count). The Balaban J connectivity index is 2.73. The van der Waals surface area contributed by atoms with E-state index >= 15 is 0 Å². The van der Waals surface area contributed by atoms with Crippen LogP contribution in [0.2, 0.25) is 0 Å². The maximum atomic E-state index is 12.4. The van der Waals surface area contributed by atoms with Gasteiger partial charge in [-0.05, 0) is 39.2 Å². The van der Waals surface area contributed by atoms with Crippen LogP contribution in [0.25, 0.3) is 0 Å². The maximum Gasteiger partial charge on any atom is 0.237 e. The van der Waals surface area contributed by atoms with Crippen LogP contribution in [-0.4, -0.2) is 35.8 Å². The zero-order valence-electron chi connectivity index (χ0n) is 10.7. The molecule has 0 aliphatic heterocycles. The van der Waals surface area contributed by atoms with Crippen LogP contribution >= 0.6 is 0 Å². The van der Waals surface area contributed by atoms with E-state index in [4.69, 9.17) is 11.5 Å². The molecule has 17 heavy (non-hydrogen) atoms. The lowest BCUT2D eigenvalue weighted by atomic mass is 9.94. The van der Waals surface area contributed by atoms with Gasteiger partial charge in [0, 0.05) is 12.0 Å². The fourth-order valence-corrected chi connectivity index (χ4v) is 2.54. The molecule has 98 valence electrons. The minimum absolute atomic E-state index is 0.00426. The zero-order chi connectivity index (χ0) is 13.0. The predicted molar refractivity (Wildman–Crippen MR) is 65.9 cm³/mol. The van der Waals surface area contributed by atoms with Crippen LogP contribution in [0.5, 0.6) is 0 Å². The van der Waals surface area contributed by atoms with E-state index in [-0.39, 0.29) is 30.3 Å². The second kappa shape index (κ2) is 6.00. The molecule has 4 N–H and O–H groups in total. The Labute approximate surface area is 103 Å². The molecule has 5 heteroatoms. The minimum atomic E-state index is -0.464. The SMILES string of the molecule is CC(C)N(CC(N)=O)C(=O)C1CCCC1CN. The third kappa shape index (κ3) is 3.43. The van der Waals surface area contributed by atoms with Gasteiger partial charge < -0.3 is 16.4 Å². The first kappa shape index (κ1) is 14.0. The topological polar surface area (TPSA) is 89.4 Å². The highest BCUT2D eigenvalue weighted by molar-refractivity contribution is 5.85. The molecule has 5 nitrogen and oxygen atoms in total. The molecule has 0 saturated heterocycles. The smallest absolute Gasteiger partial charge is 0.237 e. The van der Waals surface area contributed by atoms with E-state index in [9.17, 15) is 9.59 Å². The lowest BCUT2D eigenvalue weighted by Crippen LogP contribution is -2.46. The van der Waals surface area contributed by atoms with Gasteiger partial charge in [-0.25, -0.2) is 0 Å². The van der Waals surface area contributed by atoms with Gasteiger partial charge in [-0.3, -0.25) is 9.59 Å². The van der Waals surface area contributed by atoms with Gasteiger partial charge in [-0.2, -0.15) is 0 Å². The fraction of sp³-hybridized carbons (Fsp3) is 0.833. The summed E-state index contributed by atoms with van der Waals surface area (Å²) in [7, 11) is 0. The molecule has 0 heterocycles. The van der Waals surface area contributed by atoms with E-state index in [1.807, 2.05) is 13.8 Å². The summed E-state index contributed by atoms with van der Waals surface area (Å²) in [6, 6.07) is -0.00553. The van der Waals surface area contributed by atoms with Gasteiger partial charge >= 0.3 is 0 Å². The number of hydrogen-bond donors (Lipinski definition) is 2. The van der Waals surface area contributed by atoms with Crippen molar-refractivity contribution >= 4 is 11.8 Å². The van der Waals surface area contributed by atoms with Crippen molar-refractivity contribution in [3.05, 3.63) is 0 Å². The summed E-state index contributed by atoms with van der Waals surface area (Å²) in [5.41, 5.74) is 10.9. The Bertz CT molecular complexity index is 291. The van der Waals surface area contributed by atoms with Crippen molar-refractivity contribution in [2.75, 3.05) is 13.1 Å². The monoisotopic (exact) mass is 241 g/mol. The number of amides is 2. The summed E-state index contributed by atoms with van der Waals surface area (Å²) in [6.07, 6.45) is 2.93. The maximum absolute atomic E-state index is 12.4. The van der Waals surface area contributed by atoms with Gasteiger partial charge in [0.15, 0.2) is 0 Å². The number of hydrogen-bond acceptors (Lipinski definition) is 3. The van der Waals surface area contributed by atoms with E-state index in [0.717, 1.165) is 19.3 Å². The summed E-state index contributed by atoms with van der Waals surface area (Å²) in [6.45, 7) is 4.34. The second-order valence-corrected chi connectivity index (χ2v) is 5.06. The van der Waals surface area contributed by atoms with Crippen LogP contribution in [0.3, 0.4) is 0 Å². The van der Waals surface area contributed by atoms with Crippen LogP contribution in [0.15, 0.2) is 0 Å². The Morgan fingerprint density at radius 1 is 1.35 bits per heavy atom. The summed E-state index contributed by atoms with van der Waals surface area (Å²) >= 11 is 0. The molecular formula is C12H23N3O2. The summed E-state index contributed by atoms with van der Waals surface area (Å²) in [4.78, 5) is 24.9. The highest BCUT2D eigenvalue weighted by Gasteiger charge is 2.35. The van der Waals surface area contributed by atoms with Crippen molar-refractivity contribution in [2.24, 2.45) is 23.3 Å². The van der Waals surface area contributed by atoms with E-state index in [1.54, 1.807) is 4.90 Å². The van der Waals surface area contributed by atoms with E-state index < -0.39 is 5.91 Å². The number of nitrogens with two attached hydrogens (primary N) is 2. The first-order valence-corrected chi connectivity index (χ1v) is 6.26. The fourth-order valence-electron chi connectivity index (χ4n) is 2.54. The van der Waals surface area contributed by atoms with E-state index in [2.05, 4.69) is 0 Å². The molecule has 1 aliphatic carbocycles. The Kier molecular flexibility index (Phi) is 4.93. The van der Waals surface area contributed by atoms with E-state index in [1.165, 1.54) is 0 Å². The van der Waals surface area contributed by atoms with Crippen molar-refractivity contribution in [1.29, 1.82) is 0 Å². The molecule has 0 radical (unpaired) electrons. The highest BCUT2D eigenvalue weighted by atomic mass is 16.2.